The van der Waals surface area contributed by atoms with Gasteiger partial charge in [-0.05, 0) is 0 Å². The van der Waals surface area contributed by atoms with Gasteiger partial charge in [0.1, 0.15) is 0 Å². The number of hydrogen-bond donors (Lipinski definition) is 0. The van der Waals surface area contributed by atoms with Crippen molar-refractivity contribution in [1.82, 2.24) is 0 Å². The molecule has 1 aliphatic carbocycles. The third-order valence-corrected chi connectivity index (χ3v) is 5.16. The minimum absolute atomic E-state index is 0.0958. The molecular formula is C11H18O3Se. The fraction of sp³-hybridized carbons (Fsp3) is 0.818. The molecule has 0 aliphatic heterocycles. The number of Topliss-reactive ketones (excluding diaryl/α,β-unsaturated/α-hetero) is 1. The zero-order chi connectivity index (χ0) is 11.1. The van der Waals surface area contributed by atoms with E-state index >= 15 is 0 Å². The van der Waals surface area contributed by atoms with Crippen molar-refractivity contribution in [1.29, 1.82) is 0 Å². The van der Waals surface area contributed by atoms with Crippen LogP contribution < -0.4 is 0 Å². The number of hydrogen-bond acceptors (Lipinski definition) is 3. The van der Waals surface area contributed by atoms with Gasteiger partial charge in [-0.15, -0.1) is 0 Å². The fourth-order valence-corrected chi connectivity index (χ4v) is 4.30. The van der Waals surface area contributed by atoms with Crippen molar-refractivity contribution in [3.8, 4) is 0 Å². The molecular weight excluding hydrogens is 259 g/mol. The quantitative estimate of drug-likeness (QED) is 0.570. The molecule has 0 amide bonds. The van der Waals surface area contributed by atoms with Crippen LogP contribution in [0.1, 0.15) is 39.0 Å². The zero-order valence-corrected chi connectivity index (χ0v) is 10.9. The maximum atomic E-state index is 11.2. The topological polar surface area (TPSA) is 43.4 Å². The van der Waals surface area contributed by atoms with Crippen LogP contribution >= 0.6 is 0 Å². The molecule has 0 aromatic carbocycles. The second-order valence-corrected chi connectivity index (χ2v) is 6.64. The van der Waals surface area contributed by atoms with Crippen LogP contribution in [0, 0.1) is 0 Å². The van der Waals surface area contributed by atoms with Gasteiger partial charge in [-0.3, -0.25) is 0 Å². The predicted octanol–water partition coefficient (Wildman–Crippen LogP) is 1.99. The molecule has 0 spiro atoms. The van der Waals surface area contributed by atoms with Crippen LogP contribution in [-0.4, -0.2) is 33.3 Å². The van der Waals surface area contributed by atoms with Gasteiger partial charge in [0, 0.05) is 0 Å². The molecule has 15 heavy (non-hydrogen) atoms. The molecule has 4 heteroatoms. The van der Waals surface area contributed by atoms with Gasteiger partial charge >= 0.3 is 96.8 Å². The van der Waals surface area contributed by atoms with Crippen LogP contribution in [0.2, 0.25) is 10.1 Å². The average molecular weight is 277 g/mol. The van der Waals surface area contributed by atoms with E-state index in [1.165, 1.54) is 6.42 Å². The van der Waals surface area contributed by atoms with Gasteiger partial charge in [0.2, 0.25) is 0 Å². The third-order valence-electron chi connectivity index (χ3n) is 2.40. The van der Waals surface area contributed by atoms with Crippen LogP contribution in [0.25, 0.3) is 0 Å². The van der Waals surface area contributed by atoms with E-state index in [0.717, 1.165) is 24.6 Å². The summed E-state index contributed by atoms with van der Waals surface area (Å²) in [5.41, 5.74) is 0. The van der Waals surface area contributed by atoms with E-state index < -0.39 is 0 Å². The molecule has 1 unspecified atom stereocenters. The van der Waals surface area contributed by atoms with Crippen molar-refractivity contribution in [3.63, 3.8) is 0 Å². The summed E-state index contributed by atoms with van der Waals surface area (Å²) < 4.78 is 4.86. The van der Waals surface area contributed by atoms with Gasteiger partial charge in [-0.2, -0.15) is 0 Å². The summed E-state index contributed by atoms with van der Waals surface area (Å²) in [4.78, 5) is 22.8. The molecule has 0 heterocycles. The second kappa shape index (κ2) is 7.02. The van der Waals surface area contributed by atoms with Crippen molar-refractivity contribution in [2.45, 2.75) is 49.2 Å². The molecule has 1 rings (SSSR count). The Labute approximate surface area is 97.1 Å². The number of carbonyl (C=O) groups excluding carboxylic acids is 2. The maximum absolute atomic E-state index is 11.2. The van der Waals surface area contributed by atoms with Gasteiger partial charge in [0.25, 0.3) is 0 Å². The first-order chi connectivity index (χ1) is 7.22. The molecule has 0 aromatic rings. The Kier molecular flexibility index (Phi) is 5.96. The second-order valence-electron chi connectivity index (χ2n) is 3.68. The monoisotopic (exact) mass is 278 g/mol. The molecule has 1 fully saturated rings. The SMILES string of the molecule is CCOC(=O)CC[Se]C1CCCC(=O)C1. The van der Waals surface area contributed by atoms with Gasteiger partial charge in [-0.25, -0.2) is 0 Å². The predicted molar refractivity (Wildman–Crippen MR) is 59.0 cm³/mol. The van der Waals surface area contributed by atoms with Gasteiger partial charge < -0.3 is 0 Å². The Hall–Kier alpha value is -0.341. The summed E-state index contributed by atoms with van der Waals surface area (Å²) in [5.74, 6) is 0.311. The fourth-order valence-electron chi connectivity index (χ4n) is 1.67. The summed E-state index contributed by atoms with van der Waals surface area (Å²) in [7, 11) is 0. The molecule has 0 bridgehead atoms. The molecule has 86 valence electrons. The molecule has 1 aliphatic rings. The normalized spacial score (nSPS) is 21.4. The van der Waals surface area contributed by atoms with E-state index in [0.29, 0.717) is 38.6 Å². The first kappa shape index (κ1) is 12.7. The number of rotatable bonds is 5. The summed E-state index contributed by atoms with van der Waals surface area (Å²) in [6.07, 6.45) is 4.27. The van der Waals surface area contributed by atoms with Crippen molar-refractivity contribution in [2.75, 3.05) is 6.61 Å². The summed E-state index contributed by atoms with van der Waals surface area (Å²) >= 11 is 0.433. The Bertz CT molecular complexity index is 228. The minimum atomic E-state index is -0.0958. The summed E-state index contributed by atoms with van der Waals surface area (Å²) in [6.45, 7) is 2.29. The Balaban J connectivity index is 2.09. The van der Waals surface area contributed by atoms with Crippen molar-refractivity contribution >= 4 is 26.7 Å². The van der Waals surface area contributed by atoms with E-state index in [-0.39, 0.29) is 5.97 Å². The zero-order valence-electron chi connectivity index (χ0n) is 9.16. The van der Waals surface area contributed by atoms with E-state index in [1.807, 2.05) is 6.92 Å². The van der Waals surface area contributed by atoms with E-state index in [4.69, 9.17) is 4.74 Å². The molecule has 0 aromatic heterocycles. The van der Waals surface area contributed by atoms with Crippen LogP contribution in [0.3, 0.4) is 0 Å². The average Bonchev–Trinajstić information content (AvgIpc) is 2.18. The van der Waals surface area contributed by atoms with Gasteiger partial charge in [0.15, 0.2) is 0 Å². The standard InChI is InChI=1S/C11H18O3Se/c1-2-14-11(13)6-7-15-10-5-3-4-9(12)8-10/h10H,2-8H2,1H3. The molecule has 0 saturated heterocycles. The van der Waals surface area contributed by atoms with Crippen molar-refractivity contribution < 1.29 is 14.3 Å². The number of carbonyl (C=O) groups is 2. The molecule has 3 nitrogen and oxygen atoms in total. The number of ketones is 1. The molecule has 0 N–H and O–H groups in total. The summed E-state index contributed by atoms with van der Waals surface area (Å²) in [6, 6.07) is 0. The van der Waals surface area contributed by atoms with Crippen molar-refractivity contribution in [2.24, 2.45) is 0 Å². The Morgan fingerprint density at radius 2 is 2.40 bits per heavy atom. The van der Waals surface area contributed by atoms with E-state index in [2.05, 4.69) is 0 Å². The van der Waals surface area contributed by atoms with Crippen LogP contribution in [0.15, 0.2) is 0 Å². The number of ether oxygens (including phenoxy) is 1. The summed E-state index contributed by atoms with van der Waals surface area (Å²) in [5, 5.41) is 0.920. The van der Waals surface area contributed by atoms with Crippen LogP contribution in [0.4, 0.5) is 0 Å². The third kappa shape index (κ3) is 5.33. The molecule has 0 radical (unpaired) electrons. The van der Waals surface area contributed by atoms with Gasteiger partial charge in [-0.1, -0.05) is 0 Å². The Morgan fingerprint density at radius 1 is 1.60 bits per heavy atom. The molecule has 1 saturated carbocycles. The Morgan fingerprint density at radius 3 is 3.07 bits per heavy atom. The van der Waals surface area contributed by atoms with Crippen LogP contribution in [0.5, 0.6) is 0 Å². The molecule has 1 atom stereocenters. The first-order valence-corrected chi connectivity index (χ1v) is 7.71. The van der Waals surface area contributed by atoms with E-state index in [1.54, 1.807) is 0 Å². The van der Waals surface area contributed by atoms with Crippen LogP contribution in [-0.2, 0) is 14.3 Å². The number of esters is 1. The van der Waals surface area contributed by atoms with E-state index in [9.17, 15) is 9.59 Å². The van der Waals surface area contributed by atoms with Crippen molar-refractivity contribution in [3.05, 3.63) is 0 Å². The van der Waals surface area contributed by atoms with Gasteiger partial charge in [0.05, 0.1) is 0 Å². The first-order valence-electron chi connectivity index (χ1n) is 5.51.